The molecule has 3 saturated heterocycles. The van der Waals surface area contributed by atoms with Crippen molar-refractivity contribution >= 4 is 32.6 Å². The Morgan fingerprint density at radius 1 is 0.967 bits per heavy atom. The van der Waals surface area contributed by atoms with Gasteiger partial charge in [-0.15, -0.1) is 0 Å². The van der Waals surface area contributed by atoms with Gasteiger partial charge in [0.15, 0.2) is 5.13 Å². The Morgan fingerprint density at radius 2 is 1.70 bits per heavy atom. The number of thiazole rings is 1. The number of carbonyl (C=O) groups is 1. The largest absolute Gasteiger partial charge is 0.348 e. The lowest BCUT2D eigenvalue weighted by Crippen LogP contribution is -2.48. The van der Waals surface area contributed by atoms with Crippen molar-refractivity contribution in [2.45, 2.75) is 57.9 Å². The predicted octanol–water partition coefficient (Wildman–Crippen LogP) is 4.62. The highest BCUT2D eigenvalue weighted by molar-refractivity contribution is 7.22. The molecule has 3 fully saturated rings. The molecule has 0 aliphatic carbocycles. The average molecular weight is 427 g/mol. The van der Waals surface area contributed by atoms with Crippen LogP contribution in [0.4, 0.5) is 5.13 Å². The van der Waals surface area contributed by atoms with Gasteiger partial charge < -0.3 is 14.7 Å². The van der Waals surface area contributed by atoms with Crippen LogP contribution in [-0.4, -0.2) is 66.0 Å². The minimum atomic E-state index is 0.191. The van der Waals surface area contributed by atoms with Crippen LogP contribution in [0.2, 0.25) is 0 Å². The van der Waals surface area contributed by atoms with E-state index in [4.69, 9.17) is 4.98 Å². The maximum absolute atomic E-state index is 13.2. The monoisotopic (exact) mass is 426 g/mol. The Kier molecular flexibility index (Phi) is 5.96. The Balaban J connectivity index is 1.24. The number of likely N-dealkylation sites (tertiary alicyclic amines) is 2. The van der Waals surface area contributed by atoms with Gasteiger partial charge in [-0.2, -0.15) is 0 Å². The molecule has 1 amide bonds. The summed E-state index contributed by atoms with van der Waals surface area (Å²) in [6.07, 6.45) is 8.78. The van der Waals surface area contributed by atoms with E-state index < -0.39 is 0 Å². The van der Waals surface area contributed by atoms with Crippen LogP contribution in [0.25, 0.3) is 10.2 Å². The summed E-state index contributed by atoms with van der Waals surface area (Å²) >= 11 is 1.74. The topological polar surface area (TPSA) is 39.7 Å². The number of amides is 1. The molecule has 0 N–H and O–H groups in total. The number of piperidine rings is 3. The molecule has 3 aliphatic rings. The number of carbonyl (C=O) groups excluding carboxylic acids is 1. The Hall–Kier alpha value is -1.66. The van der Waals surface area contributed by atoms with Gasteiger partial charge in [0, 0.05) is 37.8 Å². The van der Waals surface area contributed by atoms with Crippen LogP contribution in [0.1, 0.15) is 62.2 Å². The van der Waals surface area contributed by atoms with Crippen LogP contribution in [0, 0.1) is 5.92 Å². The fraction of sp³-hybridized carbons (Fsp3) is 0.667. The summed E-state index contributed by atoms with van der Waals surface area (Å²) in [5, 5.41) is 1.11. The third kappa shape index (κ3) is 4.22. The van der Waals surface area contributed by atoms with E-state index in [9.17, 15) is 4.79 Å². The summed E-state index contributed by atoms with van der Waals surface area (Å²) < 4.78 is 1.14. The first-order valence-electron chi connectivity index (χ1n) is 11.9. The van der Waals surface area contributed by atoms with Gasteiger partial charge in [0.05, 0.1) is 10.2 Å². The molecule has 4 heterocycles. The standard InChI is InChI=1S/C24H34N4OS/c1-18-7-13-28(14-8-18)24-25-21-6-5-19(17-22(21)30-24)23(29)27-15-9-20(10-16-27)26-11-3-2-4-12-26/h5-6,17-18,20H,2-4,7-16H2,1H3. The van der Waals surface area contributed by atoms with Crippen LogP contribution in [0.5, 0.6) is 0 Å². The molecule has 0 radical (unpaired) electrons. The molecule has 30 heavy (non-hydrogen) atoms. The number of fused-ring (bicyclic) bond motifs is 1. The molecule has 5 nitrogen and oxygen atoms in total. The molecule has 0 unspecified atom stereocenters. The van der Waals surface area contributed by atoms with E-state index in [0.717, 1.165) is 65.9 Å². The van der Waals surface area contributed by atoms with Gasteiger partial charge >= 0.3 is 0 Å². The summed E-state index contributed by atoms with van der Waals surface area (Å²) in [6, 6.07) is 6.76. The first kappa shape index (κ1) is 20.3. The van der Waals surface area contributed by atoms with E-state index in [-0.39, 0.29) is 5.91 Å². The summed E-state index contributed by atoms with van der Waals surface area (Å²) in [7, 11) is 0. The molecular weight excluding hydrogens is 392 g/mol. The summed E-state index contributed by atoms with van der Waals surface area (Å²) in [6.45, 7) is 8.80. The van der Waals surface area contributed by atoms with Crippen molar-refractivity contribution in [3.63, 3.8) is 0 Å². The van der Waals surface area contributed by atoms with Gasteiger partial charge in [-0.3, -0.25) is 4.79 Å². The maximum Gasteiger partial charge on any atom is 0.253 e. The molecular formula is C24H34N4OS. The van der Waals surface area contributed by atoms with Crippen LogP contribution in [-0.2, 0) is 0 Å². The van der Waals surface area contributed by atoms with Crippen molar-refractivity contribution in [2.75, 3.05) is 44.2 Å². The van der Waals surface area contributed by atoms with Gasteiger partial charge in [-0.25, -0.2) is 4.98 Å². The SMILES string of the molecule is CC1CCN(c2nc3ccc(C(=O)N4CCC(N5CCCCC5)CC4)cc3s2)CC1. The number of benzene rings is 1. The van der Waals surface area contributed by atoms with Crippen molar-refractivity contribution in [3.8, 4) is 0 Å². The molecule has 1 aromatic carbocycles. The first-order valence-corrected chi connectivity index (χ1v) is 12.7. The van der Waals surface area contributed by atoms with Crippen molar-refractivity contribution in [3.05, 3.63) is 23.8 Å². The van der Waals surface area contributed by atoms with E-state index in [1.54, 1.807) is 11.3 Å². The summed E-state index contributed by atoms with van der Waals surface area (Å²) in [4.78, 5) is 25.2. The Morgan fingerprint density at radius 3 is 2.43 bits per heavy atom. The maximum atomic E-state index is 13.2. The lowest BCUT2D eigenvalue weighted by molar-refractivity contribution is 0.0590. The van der Waals surface area contributed by atoms with Crippen LogP contribution >= 0.6 is 11.3 Å². The van der Waals surface area contributed by atoms with Gasteiger partial charge in [0.1, 0.15) is 0 Å². The highest BCUT2D eigenvalue weighted by Gasteiger charge is 2.28. The quantitative estimate of drug-likeness (QED) is 0.718. The molecule has 0 bridgehead atoms. The van der Waals surface area contributed by atoms with Crippen molar-refractivity contribution in [1.82, 2.24) is 14.8 Å². The Bertz CT molecular complexity index is 874. The van der Waals surface area contributed by atoms with Gasteiger partial charge in [-0.05, 0) is 75.7 Å². The van der Waals surface area contributed by atoms with Crippen LogP contribution in [0.3, 0.4) is 0 Å². The van der Waals surface area contributed by atoms with Gasteiger partial charge in [-0.1, -0.05) is 24.7 Å². The minimum absolute atomic E-state index is 0.191. The van der Waals surface area contributed by atoms with Crippen molar-refractivity contribution in [2.24, 2.45) is 5.92 Å². The van der Waals surface area contributed by atoms with Crippen LogP contribution < -0.4 is 4.90 Å². The number of hydrogen-bond donors (Lipinski definition) is 0. The third-order valence-electron chi connectivity index (χ3n) is 7.34. The zero-order chi connectivity index (χ0) is 20.5. The number of aromatic nitrogens is 1. The highest BCUT2D eigenvalue weighted by atomic mass is 32.1. The first-order chi connectivity index (χ1) is 14.7. The zero-order valence-corrected chi connectivity index (χ0v) is 19.0. The molecule has 0 saturated carbocycles. The average Bonchev–Trinajstić information content (AvgIpc) is 3.23. The molecule has 3 aliphatic heterocycles. The fourth-order valence-electron chi connectivity index (χ4n) is 5.28. The van der Waals surface area contributed by atoms with Gasteiger partial charge in [0.25, 0.3) is 5.91 Å². The van der Waals surface area contributed by atoms with E-state index in [2.05, 4.69) is 27.7 Å². The number of nitrogens with zero attached hydrogens (tertiary/aromatic N) is 4. The van der Waals surface area contributed by atoms with E-state index in [1.165, 1.54) is 45.2 Å². The molecule has 1 aromatic heterocycles. The lowest BCUT2D eigenvalue weighted by Gasteiger charge is -2.40. The molecule has 6 heteroatoms. The summed E-state index contributed by atoms with van der Waals surface area (Å²) in [5.74, 6) is 1.01. The molecule has 0 spiro atoms. The number of rotatable bonds is 3. The smallest absolute Gasteiger partial charge is 0.253 e. The van der Waals surface area contributed by atoms with E-state index >= 15 is 0 Å². The molecule has 2 aromatic rings. The third-order valence-corrected chi connectivity index (χ3v) is 8.42. The van der Waals surface area contributed by atoms with E-state index in [0.29, 0.717) is 6.04 Å². The molecule has 0 atom stereocenters. The second kappa shape index (κ2) is 8.83. The predicted molar refractivity (Wildman–Crippen MR) is 125 cm³/mol. The molecule has 162 valence electrons. The van der Waals surface area contributed by atoms with Crippen molar-refractivity contribution < 1.29 is 4.79 Å². The lowest BCUT2D eigenvalue weighted by atomic mass is 9.99. The Labute approximate surface area is 184 Å². The molecule has 5 rings (SSSR count). The van der Waals surface area contributed by atoms with Crippen molar-refractivity contribution in [1.29, 1.82) is 0 Å². The second-order valence-electron chi connectivity index (χ2n) is 9.47. The fourth-order valence-corrected chi connectivity index (χ4v) is 6.34. The van der Waals surface area contributed by atoms with Gasteiger partial charge in [0.2, 0.25) is 0 Å². The minimum Gasteiger partial charge on any atom is -0.348 e. The number of anilines is 1. The normalized spacial score (nSPS) is 22.7. The highest BCUT2D eigenvalue weighted by Crippen LogP contribution is 2.32. The van der Waals surface area contributed by atoms with E-state index in [1.807, 2.05) is 12.1 Å². The summed E-state index contributed by atoms with van der Waals surface area (Å²) in [5.41, 5.74) is 1.84. The zero-order valence-electron chi connectivity index (χ0n) is 18.2. The number of hydrogen-bond acceptors (Lipinski definition) is 5. The van der Waals surface area contributed by atoms with Crippen LogP contribution in [0.15, 0.2) is 18.2 Å². The second-order valence-corrected chi connectivity index (χ2v) is 10.5.